The van der Waals surface area contributed by atoms with Crippen LogP contribution in [0.3, 0.4) is 0 Å². The van der Waals surface area contributed by atoms with Crippen molar-refractivity contribution in [2.24, 2.45) is 5.92 Å². The van der Waals surface area contributed by atoms with Crippen LogP contribution in [0.2, 0.25) is 0 Å². The molecule has 0 aromatic carbocycles. The second kappa shape index (κ2) is 7.21. The predicted octanol–water partition coefficient (Wildman–Crippen LogP) is 1.20. The van der Waals surface area contributed by atoms with Crippen molar-refractivity contribution in [1.29, 1.82) is 0 Å². The molecule has 0 atom stereocenters. The van der Waals surface area contributed by atoms with E-state index < -0.39 is 0 Å². The summed E-state index contributed by atoms with van der Waals surface area (Å²) in [4.78, 5) is 25.8. The summed E-state index contributed by atoms with van der Waals surface area (Å²) in [6, 6.07) is 1.63. The molecule has 2 rings (SSSR count). The maximum absolute atomic E-state index is 12.3. The van der Waals surface area contributed by atoms with E-state index in [2.05, 4.69) is 10.5 Å². The Balaban J connectivity index is 1.90. The monoisotopic (exact) mass is 295 g/mol. The van der Waals surface area contributed by atoms with Crippen LogP contribution in [0.1, 0.15) is 25.0 Å². The molecule has 0 bridgehead atoms. The lowest BCUT2D eigenvalue weighted by atomic mass is 9.84. The third-order valence-electron chi connectivity index (χ3n) is 3.56. The van der Waals surface area contributed by atoms with E-state index in [-0.39, 0.29) is 24.3 Å². The van der Waals surface area contributed by atoms with Crippen molar-refractivity contribution in [2.45, 2.75) is 26.2 Å². The standard InChI is InChI=1S/C14H21N3O4/c1-10-8-12(16-21-10)15-13(18)9-17(6-7-20-2)14(19)11-4-3-5-11/h8,11H,3-7,9H2,1-2H3,(H,15,16,18). The Morgan fingerprint density at radius 2 is 2.29 bits per heavy atom. The van der Waals surface area contributed by atoms with E-state index in [0.29, 0.717) is 24.7 Å². The topological polar surface area (TPSA) is 84.7 Å². The molecule has 1 aliphatic carbocycles. The zero-order chi connectivity index (χ0) is 15.2. The fourth-order valence-corrected chi connectivity index (χ4v) is 2.16. The largest absolute Gasteiger partial charge is 0.383 e. The maximum atomic E-state index is 12.3. The molecule has 1 aromatic rings. The van der Waals surface area contributed by atoms with Gasteiger partial charge in [-0.1, -0.05) is 11.6 Å². The highest BCUT2D eigenvalue weighted by Crippen LogP contribution is 2.28. The number of rotatable bonds is 7. The lowest BCUT2D eigenvalue weighted by molar-refractivity contribution is -0.141. The highest BCUT2D eigenvalue weighted by atomic mass is 16.5. The molecule has 2 amide bonds. The number of carbonyl (C=O) groups is 2. The van der Waals surface area contributed by atoms with E-state index in [1.54, 1.807) is 25.0 Å². The third kappa shape index (κ3) is 4.29. The van der Waals surface area contributed by atoms with E-state index in [4.69, 9.17) is 9.26 Å². The fraction of sp³-hybridized carbons (Fsp3) is 0.643. The second-order valence-corrected chi connectivity index (χ2v) is 5.25. The molecule has 0 aliphatic heterocycles. The van der Waals surface area contributed by atoms with Crippen LogP contribution in [0.5, 0.6) is 0 Å². The molecular formula is C14H21N3O4. The lowest BCUT2D eigenvalue weighted by Gasteiger charge is -2.31. The Hall–Kier alpha value is -1.89. The van der Waals surface area contributed by atoms with E-state index in [0.717, 1.165) is 19.3 Å². The summed E-state index contributed by atoms with van der Waals surface area (Å²) in [6.45, 7) is 2.57. The minimum absolute atomic E-state index is 0.00456. The number of aryl methyl sites for hydroxylation is 1. The number of nitrogens with zero attached hydrogens (tertiary/aromatic N) is 2. The molecule has 0 saturated heterocycles. The molecular weight excluding hydrogens is 274 g/mol. The summed E-state index contributed by atoms with van der Waals surface area (Å²) in [5.74, 6) is 0.785. The molecule has 21 heavy (non-hydrogen) atoms. The van der Waals surface area contributed by atoms with Crippen molar-refractivity contribution in [3.63, 3.8) is 0 Å². The van der Waals surface area contributed by atoms with Gasteiger partial charge in [0, 0.05) is 25.6 Å². The Bertz CT molecular complexity index is 496. The van der Waals surface area contributed by atoms with Gasteiger partial charge in [-0.3, -0.25) is 9.59 Å². The van der Waals surface area contributed by atoms with Gasteiger partial charge < -0.3 is 19.5 Å². The zero-order valence-corrected chi connectivity index (χ0v) is 12.4. The summed E-state index contributed by atoms with van der Waals surface area (Å²) in [5, 5.41) is 6.32. The quantitative estimate of drug-likeness (QED) is 0.817. The van der Waals surface area contributed by atoms with Gasteiger partial charge in [-0.15, -0.1) is 0 Å². The molecule has 7 nitrogen and oxygen atoms in total. The van der Waals surface area contributed by atoms with Gasteiger partial charge in [-0.05, 0) is 19.8 Å². The van der Waals surface area contributed by atoms with Crippen LogP contribution < -0.4 is 5.32 Å². The number of carbonyl (C=O) groups excluding carboxylic acids is 2. The summed E-state index contributed by atoms with van der Waals surface area (Å²) >= 11 is 0. The molecule has 7 heteroatoms. The summed E-state index contributed by atoms with van der Waals surface area (Å²) < 4.78 is 9.89. The molecule has 1 fully saturated rings. The highest BCUT2D eigenvalue weighted by Gasteiger charge is 2.30. The van der Waals surface area contributed by atoms with E-state index >= 15 is 0 Å². The number of methoxy groups -OCH3 is 1. The van der Waals surface area contributed by atoms with Crippen LogP contribution in [-0.2, 0) is 14.3 Å². The number of anilines is 1. The van der Waals surface area contributed by atoms with Crippen molar-refractivity contribution >= 4 is 17.6 Å². The van der Waals surface area contributed by atoms with Gasteiger partial charge in [-0.25, -0.2) is 0 Å². The Morgan fingerprint density at radius 1 is 1.52 bits per heavy atom. The molecule has 0 spiro atoms. The molecule has 116 valence electrons. The normalized spacial score (nSPS) is 14.6. The number of ether oxygens (including phenoxy) is 1. The molecule has 0 radical (unpaired) electrons. The van der Waals surface area contributed by atoms with Crippen LogP contribution >= 0.6 is 0 Å². The molecule has 1 aliphatic rings. The van der Waals surface area contributed by atoms with Crippen molar-refractivity contribution < 1.29 is 18.8 Å². The van der Waals surface area contributed by atoms with Crippen molar-refractivity contribution in [3.8, 4) is 0 Å². The first kappa shape index (κ1) is 15.5. The average molecular weight is 295 g/mol. The number of hydrogen-bond donors (Lipinski definition) is 1. The minimum atomic E-state index is -0.285. The molecule has 0 unspecified atom stereocenters. The van der Waals surface area contributed by atoms with Crippen LogP contribution in [0.15, 0.2) is 10.6 Å². The summed E-state index contributed by atoms with van der Waals surface area (Å²) in [5.41, 5.74) is 0. The van der Waals surface area contributed by atoms with Crippen LogP contribution in [-0.4, -0.2) is 48.7 Å². The first-order valence-electron chi connectivity index (χ1n) is 7.11. The fourth-order valence-electron chi connectivity index (χ4n) is 2.16. The number of aromatic nitrogens is 1. The molecule has 1 heterocycles. The smallest absolute Gasteiger partial charge is 0.245 e. The van der Waals surface area contributed by atoms with Gasteiger partial charge >= 0.3 is 0 Å². The minimum Gasteiger partial charge on any atom is -0.383 e. The first-order chi connectivity index (χ1) is 10.1. The van der Waals surface area contributed by atoms with E-state index in [9.17, 15) is 9.59 Å². The number of hydrogen-bond acceptors (Lipinski definition) is 5. The van der Waals surface area contributed by atoms with Crippen molar-refractivity contribution in [2.75, 3.05) is 32.1 Å². The average Bonchev–Trinajstić information content (AvgIpc) is 2.77. The second-order valence-electron chi connectivity index (χ2n) is 5.25. The SMILES string of the molecule is COCCN(CC(=O)Nc1cc(C)on1)C(=O)C1CCC1. The van der Waals surface area contributed by atoms with Crippen molar-refractivity contribution in [3.05, 3.63) is 11.8 Å². The van der Waals surface area contributed by atoms with Gasteiger partial charge in [0.05, 0.1) is 13.2 Å². The predicted molar refractivity (Wildman–Crippen MR) is 75.7 cm³/mol. The molecule has 1 saturated carbocycles. The van der Waals surface area contributed by atoms with Gasteiger partial charge in [0.15, 0.2) is 5.82 Å². The van der Waals surface area contributed by atoms with E-state index in [1.165, 1.54) is 0 Å². The van der Waals surface area contributed by atoms with Crippen LogP contribution in [0.25, 0.3) is 0 Å². The number of nitrogens with one attached hydrogen (secondary N) is 1. The first-order valence-corrected chi connectivity index (χ1v) is 7.11. The third-order valence-corrected chi connectivity index (χ3v) is 3.56. The Kier molecular flexibility index (Phi) is 5.32. The van der Waals surface area contributed by atoms with Gasteiger partial charge in [0.25, 0.3) is 0 Å². The molecule has 1 N–H and O–H groups in total. The Labute approximate surface area is 123 Å². The number of amides is 2. The van der Waals surface area contributed by atoms with Gasteiger partial charge in [0.2, 0.25) is 11.8 Å². The highest BCUT2D eigenvalue weighted by molar-refractivity contribution is 5.94. The van der Waals surface area contributed by atoms with E-state index in [1.807, 2.05) is 0 Å². The lowest BCUT2D eigenvalue weighted by Crippen LogP contribution is -2.44. The van der Waals surface area contributed by atoms with Crippen molar-refractivity contribution in [1.82, 2.24) is 10.1 Å². The molecule has 1 aromatic heterocycles. The van der Waals surface area contributed by atoms with Crippen LogP contribution in [0.4, 0.5) is 5.82 Å². The van der Waals surface area contributed by atoms with Crippen LogP contribution in [0, 0.1) is 12.8 Å². The zero-order valence-electron chi connectivity index (χ0n) is 12.4. The maximum Gasteiger partial charge on any atom is 0.245 e. The Morgan fingerprint density at radius 3 is 2.81 bits per heavy atom. The van der Waals surface area contributed by atoms with Gasteiger partial charge in [-0.2, -0.15) is 0 Å². The summed E-state index contributed by atoms with van der Waals surface area (Å²) in [6.07, 6.45) is 2.90. The van der Waals surface area contributed by atoms with Gasteiger partial charge in [0.1, 0.15) is 5.76 Å². The summed E-state index contributed by atoms with van der Waals surface area (Å²) in [7, 11) is 1.57.